The summed E-state index contributed by atoms with van der Waals surface area (Å²) in [6.45, 7) is 2.51. The van der Waals surface area contributed by atoms with E-state index in [1.165, 1.54) is 0 Å². The number of rotatable bonds is 4. The fraction of sp³-hybridized carbons (Fsp3) is 0.800. The summed E-state index contributed by atoms with van der Waals surface area (Å²) in [6.07, 6.45) is 2.78. The maximum Gasteiger partial charge on any atom is 0.237 e. The largest absolute Gasteiger partial charge is 0.354 e. The van der Waals surface area contributed by atoms with Gasteiger partial charge in [-0.1, -0.05) is 13.3 Å². The third-order valence-electron chi connectivity index (χ3n) is 2.55. The van der Waals surface area contributed by atoms with Crippen LogP contribution < -0.4 is 16.4 Å². The molecule has 0 aromatic carbocycles. The normalized spacial score (nSPS) is 23.1. The highest BCUT2D eigenvalue weighted by Crippen LogP contribution is 2.03. The predicted octanol–water partition coefficient (Wildman–Crippen LogP) is -0.491. The third-order valence-corrected chi connectivity index (χ3v) is 2.55. The maximum atomic E-state index is 11.5. The van der Waals surface area contributed by atoms with Gasteiger partial charge in [-0.3, -0.25) is 9.59 Å². The van der Waals surface area contributed by atoms with Gasteiger partial charge in [-0.25, -0.2) is 0 Å². The summed E-state index contributed by atoms with van der Waals surface area (Å²) in [7, 11) is 0. The van der Waals surface area contributed by atoms with Crippen LogP contribution in [-0.4, -0.2) is 30.4 Å². The third kappa shape index (κ3) is 3.87. The Morgan fingerprint density at radius 3 is 3.00 bits per heavy atom. The van der Waals surface area contributed by atoms with Crippen LogP contribution in [0.4, 0.5) is 0 Å². The Morgan fingerprint density at radius 2 is 2.47 bits per heavy atom. The van der Waals surface area contributed by atoms with Gasteiger partial charge in [-0.15, -0.1) is 0 Å². The molecule has 1 unspecified atom stereocenters. The molecule has 0 bridgehead atoms. The molecule has 1 aliphatic heterocycles. The van der Waals surface area contributed by atoms with E-state index in [9.17, 15) is 9.59 Å². The zero-order valence-corrected chi connectivity index (χ0v) is 9.08. The SMILES string of the molecule is CCC[C@H](N)C(=O)NC1CCC(=O)NC1. The van der Waals surface area contributed by atoms with E-state index in [1.54, 1.807) is 0 Å². The Labute approximate surface area is 89.8 Å². The summed E-state index contributed by atoms with van der Waals surface area (Å²) < 4.78 is 0. The van der Waals surface area contributed by atoms with Crippen molar-refractivity contribution in [2.75, 3.05) is 6.54 Å². The second-order valence-electron chi connectivity index (χ2n) is 3.94. The van der Waals surface area contributed by atoms with E-state index in [0.29, 0.717) is 25.8 Å². The van der Waals surface area contributed by atoms with Gasteiger partial charge < -0.3 is 16.4 Å². The fourth-order valence-corrected chi connectivity index (χ4v) is 1.61. The molecule has 0 saturated carbocycles. The summed E-state index contributed by atoms with van der Waals surface area (Å²) >= 11 is 0. The first-order chi connectivity index (χ1) is 7.13. The number of hydrogen-bond acceptors (Lipinski definition) is 3. The molecule has 5 nitrogen and oxygen atoms in total. The second-order valence-corrected chi connectivity index (χ2v) is 3.94. The van der Waals surface area contributed by atoms with Crippen LogP contribution in [0.1, 0.15) is 32.6 Å². The van der Waals surface area contributed by atoms with E-state index < -0.39 is 6.04 Å². The molecule has 1 rings (SSSR count). The van der Waals surface area contributed by atoms with Crippen molar-refractivity contribution in [1.29, 1.82) is 0 Å². The van der Waals surface area contributed by atoms with Crippen LogP contribution in [-0.2, 0) is 9.59 Å². The van der Waals surface area contributed by atoms with Crippen molar-refractivity contribution < 1.29 is 9.59 Å². The van der Waals surface area contributed by atoms with E-state index >= 15 is 0 Å². The molecule has 1 fully saturated rings. The lowest BCUT2D eigenvalue weighted by atomic mass is 10.1. The number of amides is 2. The summed E-state index contributed by atoms with van der Waals surface area (Å²) in [5.74, 6) is -0.0589. The standard InChI is InChI=1S/C10H19N3O2/c1-2-3-8(11)10(15)13-7-4-5-9(14)12-6-7/h7-8H,2-6,11H2,1H3,(H,12,14)(H,13,15)/t7?,8-/m0/s1. The number of nitrogens with one attached hydrogen (secondary N) is 2. The molecular weight excluding hydrogens is 194 g/mol. The lowest BCUT2D eigenvalue weighted by molar-refractivity contribution is -0.126. The molecule has 4 N–H and O–H groups in total. The Morgan fingerprint density at radius 1 is 1.73 bits per heavy atom. The average Bonchev–Trinajstić information content (AvgIpc) is 2.22. The van der Waals surface area contributed by atoms with Gasteiger partial charge in [0.05, 0.1) is 6.04 Å². The van der Waals surface area contributed by atoms with E-state index in [2.05, 4.69) is 10.6 Å². The summed E-state index contributed by atoms with van der Waals surface area (Å²) in [6, 6.07) is -0.384. The fourth-order valence-electron chi connectivity index (χ4n) is 1.61. The minimum atomic E-state index is -0.423. The van der Waals surface area contributed by atoms with Crippen LogP contribution in [0.15, 0.2) is 0 Å². The Kier molecular flexibility index (Phi) is 4.55. The Hall–Kier alpha value is -1.10. The highest BCUT2D eigenvalue weighted by molar-refractivity contribution is 5.82. The number of hydrogen-bond donors (Lipinski definition) is 3. The van der Waals surface area contributed by atoms with E-state index in [1.807, 2.05) is 6.92 Å². The molecule has 1 saturated heterocycles. The van der Waals surface area contributed by atoms with Gasteiger partial charge >= 0.3 is 0 Å². The van der Waals surface area contributed by atoms with Crippen LogP contribution in [0.3, 0.4) is 0 Å². The van der Waals surface area contributed by atoms with Crippen molar-refractivity contribution in [3.63, 3.8) is 0 Å². The first-order valence-corrected chi connectivity index (χ1v) is 5.46. The average molecular weight is 213 g/mol. The van der Waals surface area contributed by atoms with Gasteiger partial charge in [0.1, 0.15) is 0 Å². The number of nitrogens with two attached hydrogens (primary N) is 1. The van der Waals surface area contributed by atoms with Crippen LogP contribution >= 0.6 is 0 Å². The van der Waals surface area contributed by atoms with Gasteiger partial charge in [0.15, 0.2) is 0 Å². The van der Waals surface area contributed by atoms with Crippen molar-refractivity contribution >= 4 is 11.8 Å². The van der Waals surface area contributed by atoms with E-state index in [4.69, 9.17) is 5.73 Å². The lowest BCUT2D eigenvalue weighted by Gasteiger charge is -2.24. The van der Waals surface area contributed by atoms with Gasteiger partial charge in [0.2, 0.25) is 11.8 Å². The summed E-state index contributed by atoms with van der Waals surface area (Å²) in [5, 5.41) is 5.56. The van der Waals surface area contributed by atoms with Crippen LogP contribution in [0.5, 0.6) is 0 Å². The summed E-state index contributed by atoms with van der Waals surface area (Å²) in [4.78, 5) is 22.4. The topological polar surface area (TPSA) is 84.2 Å². The van der Waals surface area contributed by atoms with Gasteiger partial charge in [-0.2, -0.15) is 0 Å². The molecule has 15 heavy (non-hydrogen) atoms. The molecule has 1 aliphatic rings. The van der Waals surface area contributed by atoms with Crippen LogP contribution in [0, 0.1) is 0 Å². The number of carbonyl (C=O) groups excluding carboxylic acids is 2. The molecule has 0 aliphatic carbocycles. The van der Waals surface area contributed by atoms with Gasteiger partial charge in [-0.05, 0) is 12.8 Å². The van der Waals surface area contributed by atoms with Crippen molar-refractivity contribution in [2.24, 2.45) is 5.73 Å². The second kappa shape index (κ2) is 5.70. The molecular formula is C10H19N3O2. The van der Waals surface area contributed by atoms with Crippen molar-refractivity contribution in [1.82, 2.24) is 10.6 Å². The monoisotopic (exact) mass is 213 g/mol. The first kappa shape index (κ1) is 12.0. The van der Waals surface area contributed by atoms with E-state index in [-0.39, 0.29) is 17.9 Å². The molecule has 2 atom stereocenters. The first-order valence-electron chi connectivity index (χ1n) is 5.46. The Balaban J connectivity index is 2.28. The van der Waals surface area contributed by atoms with Crippen molar-refractivity contribution in [3.05, 3.63) is 0 Å². The zero-order chi connectivity index (χ0) is 11.3. The minimum Gasteiger partial charge on any atom is -0.354 e. The molecule has 5 heteroatoms. The molecule has 1 heterocycles. The zero-order valence-electron chi connectivity index (χ0n) is 9.08. The molecule has 0 spiro atoms. The van der Waals surface area contributed by atoms with Crippen LogP contribution in [0.25, 0.3) is 0 Å². The van der Waals surface area contributed by atoms with Crippen LogP contribution in [0.2, 0.25) is 0 Å². The highest BCUT2D eigenvalue weighted by Gasteiger charge is 2.21. The van der Waals surface area contributed by atoms with Crippen molar-refractivity contribution in [3.8, 4) is 0 Å². The van der Waals surface area contributed by atoms with E-state index in [0.717, 1.165) is 6.42 Å². The predicted molar refractivity (Wildman–Crippen MR) is 57.1 cm³/mol. The molecule has 0 aromatic heterocycles. The van der Waals surface area contributed by atoms with Gasteiger partial charge in [0.25, 0.3) is 0 Å². The lowest BCUT2D eigenvalue weighted by Crippen LogP contribution is -2.51. The minimum absolute atomic E-state index is 0.0399. The molecule has 2 amide bonds. The molecule has 0 radical (unpaired) electrons. The molecule has 0 aromatic rings. The Bertz CT molecular complexity index is 233. The smallest absolute Gasteiger partial charge is 0.237 e. The number of carbonyl (C=O) groups is 2. The van der Waals surface area contributed by atoms with Gasteiger partial charge in [0, 0.05) is 19.0 Å². The highest BCUT2D eigenvalue weighted by atomic mass is 16.2. The molecule has 86 valence electrons. The maximum absolute atomic E-state index is 11.5. The van der Waals surface area contributed by atoms with Crippen molar-refractivity contribution in [2.45, 2.75) is 44.7 Å². The number of piperidine rings is 1. The summed E-state index contributed by atoms with van der Waals surface area (Å²) in [5.41, 5.74) is 5.67. The quantitative estimate of drug-likeness (QED) is 0.589.